The molecule has 0 saturated heterocycles. The van der Waals surface area contributed by atoms with Crippen molar-refractivity contribution in [2.75, 3.05) is 13.1 Å². The maximum absolute atomic E-state index is 12.9. The summed E-state index contributed by atoms with van der Waals surface area (Å²) in [7, 11) is 0. The molecule has 1 aromatic carbocycles. The highest BCUT2D eigenvalue weighted by Crippen LogP contribution is 2.29. The van der Waals surface area contributed by atoms with Gasteiger partial charge in [-0.05, 0) is 31.4 Å². The van der Waals surface area contributed by atoms with Crippen molar-refractivity contribution in [1.29, 1.82) is 0 Å². The van der Waals surface area contributed by atoms with E-state index in [-0.39, 0.29) is 5.91 Å². The number of carbonyl (C=O) groups is 1. The molecule has 3 rings (SSSR count). The van der Waals surface area contributed by atoms with Crippen LogP contribution in [0.1, 0.15) is 41.7 Å². The van der Waals surface area contributed by atoms with Gasteiger partial charge in [-0.2, -0.15) is 5.10 Å². The third-order valence-corrected chi connectivity index (χ3v) is 5.38. The zero-order chi connectivity index (χ0) is 18.0. The van der Waals surface area contributed by atoms with E-state index in [1.165, 1.54) is 5.56 Å². The molecule has 0 atom stereocenters. The maximum Gasteiger partial charge on any atom is 0.264 e. The number of hydrogen-bond donors (Lipinski definition) is 0. The maximum atomic E-state index is 12.9. The quantitative estimate of drug-likeness (QED) is 0.649. The SMILES string of the molecule is CCN(CC(C)C)C(=O)c1cc2c(C)nn(Cc3ccccc3)c2s1. The summed E-state index contributed by atoms with van der Waals surface area (Å²) in [5, 5.41) is 5.75. The number of benzene rings is 1. The third kappa shape index (κ3) is 3.76. The summed E-state index contributed by atoms with van der Waals surface area (Å²) in [6.07, 6.45) is 0. The summed E-state index contributed by atoms with van der Waals surface area (Å²) in [6, 6.07) is 12.3. The Kier molecular flexibility index (Phi) is 5.23. The van der Waals surface area contributed by atoms with Gasteiger partial charge in [-0.25, -0.2) is 0 Å². The van der Waals surface area contributed by atoms with Crippen LogP contribution in [0.4, 0.5) is 0 Å². The first-order valence-corrected chi connectivity index (χ1v) is 9.61. The number of carbonyl (C=O) groups excluding carboxylic acids is 1. The predicted octanol–water partition coefficient (Wildman–Crippen LogP) is 4.57. The molecule has 0 unspecified atom stereocenters. The molecule has 0 aliphatic rings. The highest BCUT2D eigenvalue weighted by atomic mass is 32.1. The van der Waals surface area contributed by atoms with Crippen LogP contribution < -0.4 is 0 Å². The third-order valence-electron chi connectivity index (χ3n) is 4.25. The van der Waals surface area contributed by atoms with E-state index in [2.05, 4.69) is 31.1 Å². The molecule has 0 radical (unpaired) electrons. The lowest BCUT2D eigenvalue weighted by Crippen LogP contribution is -2.33. The van der Waals surface area contributed by atoms with Gasteiger partial charge in [0.15, 0.2) is 0 Å². The molecular formula is C20H25N3OS. The standard InChI is InChI=1S/C20H25N3OS/c1-5-22(12-14(2)3)19(24)18-11-17-15(4)21-23(20(17)25-18)13-16-9-7-6-8-10-16/h6-11,14H,5,12-13H2,1-4H3. The number of aromatic nitrogens is 2. The molecule has 0 aliphatic carbocycles. The van der Waals surface area contributed by atoms with Crippen LogP contribution in [0, 0.1) is 12.8 Å². The van der Waals surface area contributed by atoms with Crippen LogP contribution in [-0.2, 0) is 6.54 Å². The van der Waals surface area contributed by atoms with Crippen LogP contribution in [0.3, 0.4) is 0 Å². The van der Waals surface area contributed by atoms with Gasteiger partial charge in [0.05, 0.1) is 17.1 Å². The van der Waals surface area contributed by atoms with Gasteiger partial charge < -0.3 is 4.90 Å². The fraction of sp³-hybridized carbons (Fsp3) is 0.400. The van der Waals surface area contributed by atoms with Crippen molar-refractivity contribution >= 4 is 27.5 Å². The van der Waals surface area contributed by atoms with Gasteiger partial charge in [0.2, 0.25) is 0 Å². The van der Waals surface area contributed by atoms with Crippen LogP contribution in [-0.4, -0.2) is 33.7 Å². The van der Waals surface area contributed by atoms with Crippen LogP contribution in [0.2, 0.25) is 0 Å². The van der Waals surface area contributed by atoms with Gasteiger partial charge in [-0.3, -0.25) is 9.48 Å². The number of amides is 1. The lowest BCUT2D eigenvalue weighted by Gasteiger charge is -2.22. The average molecular weight is 356 g/mol. The van der Waals surface area contributed by atoms with E-state index in [0.29, 0.717) is 5.92 Å². The molecule has 4 nitrogen and oxygen atoms in total. The summed E-state index contributed by atoms with van der Waals surface area (Å²) in [4.78, 5) is 16.7. The van der Waals surface area contributed by atoms with Crippen molar-refractivity contribution in [3.8, 4) is 0 Å². The second-order valence-corrected chi connectivity index (χ2v) is 7.83. The zero-order valence-electron chi connectivity index (χ0n) is 15.3. The minimum absolute atomic E-state index is 0.128. The fourth-order valence-electron chi connectivity index (χ4n) is 3.03. The van der Waals surface area contributed by atoms with Crippen molar-refractivity contribution in [2.24, 2.45) is 5.92 Å². The Hall–Kier alpha value is -2.14. The smallest absolute Gasteiger partial charge is 0.264 e. The predicted molar refractivity (Wildman–Crippen MR) is 104 cm³/mol. The van der Waals surface area contributed by atoms with E-state index in [1.54, 1.807) is 11.3 Å². The second kappa shape index (κ2) is 7.40. The summed E-state index contributed by atoms with van der Waals surface area (Å²) in [5.41, 5.74) is 2.19. The van der Waals surface area contributed by atoms with Gasteiger partial charge in [0.1, 0.15) is 4.83 Å². The van der Waals surface area contributed by atoms with Gasteiger partial charge in [0.25, 0.3) is 5.91 Å². The van der Waals surface area contributed by atoms with Gasteiger partial charge in [0, 0.05) is 18.5 Å². The number of nitrogens with zero attached hydrogens (tertiary/aromatic N) is 3. The Morgan fingerprint density at radius 2 is 2.00 bits per heavy atom. The Morgan fingerprint density at radius 1 is 1.28 bits per heavy atom. The number of fused-ring (bicyclic) bond motifs is 1. The van der Waals surface area contributed by atoms with Crippen LogP contribution >= 0.6 is 11.3 Å². The lowest BCUT2D eigenvalue weighted by atomic mass is 10.2. The first-order chi connectivity index (χ1) is 12.0. The summed E-state index contributed by atoms with van der Waals surface area (Å²) >= 11 is 1.55. The largest absolute Gasteiger partial charge is 0.338 e. The van der Waals surface area contributed by atoms with Crippen molar-refractivity contribution in [1.82, 2.24) is 14.7 Å². The molecule has 132 valence electrons. The van der Waals surface area contributed by atoms with Crippen molar-refractivity contribution < 1.29 is 4.79 Å². The molecule has 25 heavy (non-hydrogen) atoms. The topological polar surface area (TPSA) is 38.1 Å². The Labute approximate surface area is 153 Å². The highest BCUT2D eigenvalue weighted by Gasteiger charge is 2.20. The molecule has 0 bridgehead atoms. The molecule has 5 heteroatoms. The summed E-state index contributed by atoms with van der Waals surface area (Å²) in [5.74, 6) is 0.594. The minimum atomic E-state index is 0.128. The van der Waals surface area contributed by atoms with Crippen molar-refractivity contribution in [3.63, 3.8) is 0 Å². The molecule has 2 heterocycles. The van der Waals surface area contributed by atoms with Gasteiger partial charge in [-0.1, -0.05) is 44.2 Å². The summed E-state index contributed by atoms with van der Waals surface area (Å²) in [6.45, 7) is 10.6. The van der Waals surface area contributed by atoms with Crippen LogP contribution in [0.5, 0.6) is 0 Å². The minimum Gasteiger partial charge on any atom is -0.338 e. The van der Waals surface area contributed by atoms with E-state index in [1.807, 2.05) is 47.7 Å². The first kappa shape index (κ1) is 17.7. The molecule has 1 amide bonds. The number of thiophene rings is 1. The molecule has 0 N–H and O–H groups in total. The number of hydrogen-bond acceptors (Lipinski definition) is 3. The second-order valence-electron chi connectivity index (χ2n) is 6.80. The van der Waals surface area contributed by atoms with E-state index in [4.69, 9.17) is 0 Å². The van der Waals surface area contributed by atoms with E-state index in [9.17, 15) is 4.79 Å². The number of rotatable bonds is 6. The molecule has 0 saturated carbocycles. The monoisotopic (exact) mass is 355 g/mol. The summed E-state index contributed by atoms with van der Waals surface area (Å²) < 4.78 is 2.01. The zero-order valence-corrected chi connectivity index (χ0v) is 16.1. The Bertz CT molecular complexity index is 864. The Morgan fingerprint density at radius 3 is 2.64 bits per heavy atom. The molecule has 0 aliphatic heterocycles. The van der Waals surface area contributed by atoms with Crippen LogP contribution in [0.25, 0.3) is 10.2 Å². The van der Waals surface area contributed by atoms with Gasteiger partial charge in [-0.15, -0.1) is 11.3 Å². The van der Waals surface area contributed by atoms with Crippen molar-refractivity contribution in [2.45, 2.75) is 34.2 Å². The average Bonchev–Trinajstić information content (AvgIpc) is 3.15. The van der Waals surface area contributed by atoms with Crippen LogP contribution in [0.15, 0.2) is 36.4 Å². The van der Waals surface area contributed by atoms with E-state index in [0.717, 1.165) is 40.4 Å². The number of aryl methyl sites for hydroxylation is 1. The van der Waals surface area contributed by atoms with Crippen molar-refractivity contribution in [3.05, 3.63) is 52.5 Å². The van der Waals surface area contributed by atoms with E-state index >= 15 is 0 Å². The molecular weight excluding hydrogens is 330 g/mol. The first-order valence-electron chi connectivity index (χ1n) is 8.79. The molecule has 3 aromatic rings. The van der Waals surface area contributed by atoms with Gasteiger partial charge >= 0.3 is 0 Å². The lowest BCUT2D eigenvalue weighted by molar-refractivity contribution is 0.0750. The molecule has 0 fully saturated rings. The Balaban J connectivity index is 1.92. The fourth-order valence-corrected chi connectivity index (χ4v) is 4.16. The highest BCUT2D eigenvalue weighted by molar-refractivity contribution is 7.20. The molecule has 2 aromatic heterocycles. The normalized spacial score (nSPS) is 11.4. The van der Waals surface area contributed by atoms with E-state index < -0.39 is 0 Å². The molecule has 0 spiro atoms.